The molecular weight excluding hydrogens is 327 g/mol. The number of likely N-dealkylation sites (N-methyl/N-ethyl adjacent to an activating group) is 1. The van der Waals surface area contributed by atoms with Crippen molar-refractivity contribution in [3.05, 3.63) is 34.2 Å². The highest BCUT2D eigenvalue weighted by Crippen LogP contribution is 2.33. The molecule has 94 valence electrons. The zero-order chi connectivity index (χ0) is 12.4. The number of fused-ring (bicyclic) bond motifs is 4. The van der Waals surface area contributed by atoms with Crippen LogP contribution in [-0.2, 0) is 6.54 Å². The fourth-order valence-electron chi connectivity index (χ4n) is 3.14. The van der Waals surface area contributed by atoms with E-state index >= 15 is 0 Å². The number of hydrogen-bond donors (Lipinski definition) is 0. The lowest BCUT2D eigenvalue weighted by molar-refractivity contribution is 0.145. The molecular formula is C13H19IN2O. The van der Waals surface area contributed by atoms with Gasteiger partial charge in [-0.15, -0.1) is 0 Å². The minimum absolute atomic E-state index is 0.173. The van der Waals surface area contributed by atoms with Gasteiger partial charge in [0, 0.05) is 37.3 Å². The van der Waals surface area contributed by atoms with Crippen molar-refractivity contribution in [3.63, 3.8) is 0 Å². The highest BCUT2D eigenvalue weighted by Gasteiger charge is 2.32. The Morgan fingerprint density at radius 2 is 2.00 bits per heavy atom. The van der Waals surface area contributed by atoms with Crippen molar-refractivity contribution >= 4 is 22.6 Å². The summed E-state index contributed by atoms with van der Waals surface area (Å²) in [6, 6.07) is 5.68. The Hall–Kier alpha value is -0.360. The van der Waals surface area contributed by atoms with Gasteiger partial charge in [0.05, 0.1) is 0 Å². The van der Waals surface area contributed by atoms with Crippen LogP contribution in [-0.4, -0.2) is 34.5 Å². The Balaban J connectivity index is 0.000000514. The quantitative estimate of drug-likeness (QED) is 0.530. The third-order valence-corrected chi connectivity index (χ3v) is 3.66. The lowest BCUT2D eigenvalue weighted by atomic mass is 9.83. The molecule has 1 aromatic heterocycles. The summed E-state index contributed by atoms with van der Waals surface area (Å²) in [5.74, 6) is 1.23. The molecule has 2 aliphatic heterocycles. The molecule has 0 spiro atoms. The van der Waals surface area contributed by atoms with Gasteiger partial charge in [0.15, 0.2) is 0 Å². The number of nitrogens with zero attached hydrogens (tertiary/aromatic N) is 2. The maximum absolute atomic E-state index is 11.7. The summed E-state index contributed by atoms with van der Waals surface area (Å²) in [6.45, 7) is 3.15. The van der Waals surface area contributed by atoms with Gasteiger partial charge in [0.25, 0.3) is 5.56 Å². The third kappa shape index (κ3) is 2.57. The summed E-state index contributed by atoms with van der Waals surface area (Å²) < 4.78 is 1.98. The van der Waals surface area contributed by atoms with Crippen molar-refractivity contribution in [3.8, 4) is 0 Å². The Morgan fingerprint density at radius 1 is 1.24 bits per heavy atom. The van der Waals surface area contributed by atoms with Gasteiger partial charge in [-0.3, -0.25) is 4.79 Å². The van der Waals surface area contributed by atoms with Gasteiger partial charge in [-0.2, -0.15) is 0 Å². The average Bonchev–Trinajstić information content (AvgIpc) is 2.33. The summed E-state index contributed by atoms with van der Waals surface area (Å²) in [6.07, 6.45) is 1.26. The van der Waals surface area contributed by atoms with Gasteiger partial charge in [0.1, 0.15) is 0 Å². The normalized spacial score (nSPS) is 26.8. The first-order valence-corrected chi connectivity index (χ1v) is 8.16. The van der Waals surface area contributed by atoms with E-state index in [0.717, 1.165) is 19.6 Å². The molecule has 1 saturated heterocycles. The van der Waals surface area contributed by atoms with Crippen LogP contribution in [0.5, 0.6) is 0 Å². The molecule has 0 aromatic carbocycles. The predicted molar refractivity (Wildman–Crippen MR) is 79.0 cm³/mol. The number of alkyl halides is 1. The molecule has 2 aliphatic rings. The highest BCUT2D eigenvalue weighted by atomic mass is 127. The second-order valence-corrected chi connectivity index (χ2v) is 4.92. The van der Waals surface area contributed by atoms with Gasteiger partial charge in [-0.25, -0.2) is 0 Å². The van der Waals surface area contributed by atoms with E-state index in [0.29, 0.717) is 11.8 Å². The van der Waals surface area contributed by atoms with E-state index in [4.69, 9.17) is 0 Å². The Bertz CT molecular complexity index is 443. The molecule has 2 bridgehead atoms. The van der Waals surface area contributed by atoms with E-state index < -0.39 is 0 Å². The van der Waals surface area contributed by atoms with E-state index in [1.165, 1.54) is 12.1 Å². The van der Waals surface area contributed by atoms with Crippen molar-refractivity contribution < 1.29 is 0 Å². The van der Waals surface area contributed by atoms with Gasteiger partial charge in [0.2, 0.25) is 0 Å². The van der Waals surface area contributed by atoms with Gasteiger partial charge in [-0.05, 0) is 30.4 Å². The molecule has 0 saturated carbocycles. The minimum atomic E-state index is 0.173. The number of rotatable bonds is 0. The molecule has 1 fully saturated rings. The lowest BCUT2D eigenvalue weighted by Gasteiger charge is -2.41. The molecule has 3 nitrogen and oxygen atoms in total. The van der Waals surface area contributed by atoms with Crippen LogP contribution < -0.4 is 5.56 Å². The molecule has 0 radical (unpaired) electrons. The summed E-state index contributed by atoms with van der Waals surface area (Å²) in [5.41, 5.74) is 1.41. The Labute approximate surface area is 116 Å². The van der Waals surface area contributed by atoms with E-state index in [-0.39, 0.29) is 5.56 Å². The number of aromatic nitrogens is 1. The van der Waals surface area contributed by atoms with Crippen molar-refractivity contribution in [1.29, 1.82) is 0 Å². The van der Waals surface area contributed by atoms with Crippen molar-refractivity contribution in [2.45, 2.75) is 18.9 Å². The molecule has 3 heterocycles. The van der Waals surface area contributed by atoms with Crippen LogP contribution in [0.1, 0.15) is 18.0 Å². The van der Waals surface area contributed by atoms with Crippen LogP contribution in [0.4, 0.5) is 0 Å². The van der Waals surface area contributed by atoms with Gasteiger partial charge < -0.3 is 9.47 Å². The van der Waals surface area contributed by atoms with E-state index in [2.05, 4.69) is 40.6 Å². The Kier molecular flexibility index (Phi) is 4.25. The monoisotopic (exact) mass is 346 g/mol. The van der Waals surface area contributed by atoms with Gasteiger partial charge >= 0.3 is 0 Å². The first-order chi connectivity index (χ1) is 8.24. The molecule has 3 rings (SSSR count). The van der Waals surface area contributed by atoms with Crippen LogP contribution >= 0.6 is 22.6 Å². The summed E-state index contributed by atoms with van der Waals surface area (Å²) in [4.78, 5) is 16.1. The molecule has 17 heavy (non-hydrogen) atoms. The van der Waals surface area contributed by atoms with Gasteiger partial charge in [-0.1, -0.05) is 28.7 Å². The van der Waals surface area contributed by atoms with E-state index in [1.54, 1.807) is 6.07 Å². The van der Waals surface area contributed by atoms with E-state index in [9.17, 15) is 4.79 Å². The van der Waals surface area contributed by atoms with Crippen molar-refractivity contribution in [1.82, 2.24) is 9.47 Å². The van der Waals surface area contributed by atoms with Crippen molar-refractivity contribution in [2.75, 3.05) is 25.1 Å². The number of piperidine rings is 1. The van der Waals surface area contributed by atoms with Crippen LogP contribution in [0.25, 0.3) is 0 Å². The minimum Gasteiger partial charge on any atom is -0.312 e. The number of hydrogen-bond acceptors (Lipinski definition) is 2. The molecule has 2 atom stereocenters. The molecule has 1 aromatic rings. The smallest absolute Gasteiger partial charge is 0.250 e. The van der Waals surface area contributed by atoms with Crippen LogP contribution in [0.2, 0.25) is 0 Å². The van der Waals surface area contributed by atoms with Crippen LogP contribution in [0.15, 0.2) is 23.0 Å². The number of halogens is 1. The molecule has 0 unspecified atom stereocenters. The number of pyridine rings is 1. The Morgan fingerprint density at radius 3 is 2.76 bits per heavy atom. The first kappa shape index (κ1) is 13.1. The van der Waals surface area contributed by atoms with Crippen molar-refractivity contribution in [2.24, 2.45) is 5.92 Å². The third-order valence-electron chi connectivity index (χ3n) is 3.66. The molecule has 0 amide bonds. The second-order valence-electron chi connectivity index (χ2n) is 4.92. The largest absolute Gasteiger partial charge is 0.312 e. The SMILES string of the molecule is CI.CN1C[C@@H]2C[C@H](C1)c1cccc(=O)n1C2. The number of likely N-dealkylation sites (tertiary alicyclic amines) is 1. The average molecular weight is 346 g/mol. The standard InChI is InChI=1S/C12H16N2O.CH3I/c1-13-6-9-5-10(8-13)11-3-2-4-12(15)14(11)7-9;1-2/h2-4,9-10H,5-8H2,1H3;1H3/t9-,10+;/m0./s1. The summed E-state index contributed by atoms with van der Waals surface area (Å²) >= 11 is 2.15. The maximum atomic E-state index is 11.7. The molecule has 0 N–H and O–H groups in total. The van der Waals surface area contributed by atoms with Crippen LogP contribution in [0.3, 0.4) is 0 Å². The lowest BCUT2D eigenvalue weighted by Crippen LogP contribution is -2.45. The zero-order valence-electron chi connectivity index (χ0n) is 10.4. The topological polar surface area (TPSA) is 25.2 Å². The fourth-order valence-corrected chi connectivity index (χ4v) is 3.14. The predicted octanol–water partition coefficient (Wildman–Crippen LogP) is 1.95. The summed E-state index contributed by atoms with van der Waals surface area (Å²) in [5, 5.41) is 0. The molecule has 0 aliphatic carbocycles. The maximum Gasteiger partial charge on any atom is 0.250 e. The summed E-state index contributed by atoms with van der Waals surface area (Å²) in [7, 11) is 2.18. The first-order valence-electron chi connectivity index (χ1n) is 6.00. The zero-order valence-corrected chi connectivity index (χ0v) is 12.6. The molecule has 4 heteroatoms. The second kappa shape index (κ2) is 5.52. The van der Waals surface area contributed by atoms with Crippen LogP contribution in [0, 0.1) is 5.92 Å². The fraction of sp³-hybridized carbons (Fsp3) is 0.615. The van der Waals surface area contributed by atoms with E-state index in [1.807, 2.05) is 15.6 Å². The highest BCUT2D eigenvalue weighted by molar-refractivity contribution is 14.1.